The maximum absolute atomic E-state index is 14.3. The number of carbonyl (C=O) groups is 1. The average molecular weight is 375 g/mol. The number of anilines is 1. The second-order valence-electron chi connectivity index (χ2n) is 5.68. The lowest BCUT2D eigenvalue weighted by Crippen LogP contribution is -2.49. The third-order valence-electron chi connectivity index (χ3n) is 3.84. The van der Waals surface area contributed by atoms with E-state index >= 15 is 0 Å². The Morgan fingerprint density at radius 1 is 1.28 bits per heavy atom. The summed E-state index contributed by atoms with van der Waals surface area (Å²) < 4.78 is 51.5. The minimum atomic E-state index is -4.29. The highest BCUT2D eigenvalue weighted by Gasteiger charge is 2.28. The maximum Gasteiger partial charge on any atom is 0.398 e. The van der Waals surface area contributed by atoms with Crippen LogP contribution in [0.3, 0.4) is 0 Å². The standard InChI is InChI=1S/C16H17F4N3OS/c1-11-8-12(17)13(9-14(11)25-10-16(18,19)20)22-4-6-23(7-5-22)15(24)2-3-21/h8-9H,2,4-7,10H2,1H3. The molecule has 0 bridgehead atoms. The number of nitrogens with zero attached hydrogens (tertiary/aromatic N) is 3. The monoisotopic (exact) mass is 375 g/mol. The third-order valence-corrected chi connectivity index (χ3v) is 5.06. The molecule has 1 aromatic rings. The molecule has 0 radical (unpaired) electrons. The highest BCUT2D eigenvalue weighted by molar-refractivity contribution is 7.99. The summed E-state index contributed by atoms with van der Waals surface area (Å²) in [6.45, 7) is 2.99. The molecule has 4 nitrogen and oxygen atoms in total. The van der Waals surface area contributed by atoms with Crippen LogP contribution in [0, 0.1) is 24.1 Å². The fourth-order valence-electron chi connectivity index (χ4n) is 2.58. The van der Waals surface area contributed by atoms with Crippen molar-refractivity contribution in [3.05, 3.63) is 23.5 Å². The van der Waals surface area contributed by atoms with E-state index in [1.54, 1.807) is 17.9 Å². The van der Waals surface area contributed by atoms with Gasteiger partial charge in [-0.3, -0.25) is 4.79 Å². The van der Waals surface area contributed by atoms with Crippen LogP contribution >= 0.6 is 11.8 Å². The molecule has 9 heteroatoms. The third kappa shape index (κ3) is 5.26. The molecule has 0 saturated carbocycles. The minimum absolute atomic E-state index is 0.197. The smallest absolute Gasteiger partial charge is 0.366 e. The van der Waals surface area contributed by atoms with Gasteiger partial charge in [-0.15, -0.1) is 11.8 Å². The van der Waals surface area contributed by atoms with E-state index in [0.717, 1.165) is 0 Å². The highest BCUT2D eigenvalue weighted by Crippen LogP contribution is 2.34. The van der Waals surface area contributed by atoms with Crippen molar-refractivity contribution in [2.45, 2.75) is 24.4 Å². The number of benzene rings is 1. The molecule has 0 atom stereocenters. The first-order valence-corrected chi connectivity index (χ1v) is 8.59. The van der Waals surface area contributed by atoms with Gasteiger partial charge in [0.15, 0.2) is 0 Å². The molecule has 0 aromatic heterocycles. The topological polar surface area (TPSA) is 47.3 Å². The molecule has 1 fully saturated rings. The summed E-state index contributed by atoms with van der Waals surface area (Å²) in [6, 6.07) is 4.47. The number of rotatable bonds is 4. The highest BCUT2D eigenvalue weighted by atomic mass is 32.2. The van der Waals surface area contributed by atoms with Gasteiger partial charge in [0.05, 0.1) is 17.5 Å². The van der Waals surface area contributed by atoms with Crippen molar-refractivity contribution in [2.75, 3.05) is 36.8 Å². The summed E-state index contributed by atoms with van der Waals surface area (Å²) >= 11 is 0.634. The van der Waals surface area contributed by atoms with Crippen LogP contribution < -0.4 is 4.90 Å². The number of aryl methyl sites for hydroxylation is 1. The maximum atomic E-state index is 14.3. The predicted molar refractivity (Wildman–Crippen MR) is 86.9 cm³/mol. The summed E-state index contributed by atoms with van der Waals surface area (Å²) in [5.41, 5.74) is 0.695. The molecule has 1 heterocycles. The van der Waals surface area contributed by atoms with Gasteiger partial charge in [0, 0.05) is 31.1 Å². The number of nitriles is 1. The summed E-state index contributed by atoms with van der Waals surface area (Å²) in [6.07, 6.45) is -4.49. The Kier molecular flexibility index (Phi) is 6.16. The summed E-state index contributed by atoms with van der Waals surface area (Å²) in [5.74, 6) is -1.80. The number of carbonyl (C=O) groups excluding carboxylic acids is 1. The van der Waals surface area contributed by atoms with E-state index in [1.165, 1.54) is 17.0 Å². The lowest BCUT2D eigenvalue weighted by molar-refractivity contribution is -0.130. The van der Waals surface area contributed by atoms with E-state index in [0.29, 0.717) is 48.4 Å². The molecule has 0 N–H and O–H groups in total. The lowest BCUT2D eigenvalue weighted by atomic mass is 10.1. The molecule has 25 heavy (non-hydrogen) atoms. The van der Waals surface area contributed by atoms with E-state index < -0.39 is 17.7 Å². The first-order chi connectivity index (χ1) is 11.7. The molecule has 1 saturated heterocycles. The van der Waals surface area contributed by atoms with Crippen molar-refractivity contribution in [1.82, 2.24) is 4.90 Å². The van der Waals surface area contributed by atoms with Gasteiger partial charge in [0.25, 0.3) is 0 Å². The molecule has 2 rings (SSSR count). The van der Waals surface area contributed by atoms with Crippen molar-refractivity contribution < 1.29 is 22.4 Å². The van der Waals surface area contributed by atoms with E-state index in [4.69, 9.17) is 5.26 Å². The molecule has 136 valence electrons. The van der Waals surface area contributed by atoms with Crippen molar-refractivity contribution in [2.24, 2.45) is 0 Å². The molecular weight excluding hydrogens is 358 g/mol. The fraction of sp³-hybridized carbons (Fsp3) is 0.500. The summed E-state index contributed by atoms with van der Waals surface area (Å²) in [5, 5.41) is 8.56. The van der Waals surface area contributed by atoms with Crippen LogP contribution in [0.15, 0.2) is 17.0 Å². The molecule has 1 amide bonds. The van der Waals surface area contributed by atoms with Gasteiger partial charge >= 0.3 is 6.18 Å². The van der Waals surface area contributed by atoms with Gasteiger partial charge in [-0.2, -0.15) is 18.4 Å². The van der Waals surface area contributed by atoms with Crippen molar-refractivity contribution >= 4 is 23.4 Å². The van der Waals surface area contributed by atoms with Crippen LogP contribution in [0.4, 0.5) is 23.2 Å². The molecule has 0 spiro atoms. The Bertz CT molecular complexity index is 679. The number of hydrogen-bond donors (Lipinski definition) is 0. The molecular formula is C16H17F4N3OS. The van der Waals surface area contributed by atoms with Crippen LogP contribution in [0.1, 0.15) is 12.0 Å². The second-order valence-corrected chi connectivity index (χ2v) is 6.69. The van der Waals surface area contributed by atoms with E-state index in [1.807, 2.05) is 0 Å². The minimum Gasteiger partial charge on any atom is -0.366 e. The molecule has 1 aliphatic heterocycles. The lowest BCUT2D eigenvalue weighted by Gasteiger charge is -2.36. The van der Waals surface area contributed by atoms with Crippen molar-refractivity contribution in [3.8, 4) is 6.07 Å². The van der Waals surface area contributed by atoms with Crippen LogP contribution in [-0.2, 0) is 4.79 Å². The Morgan fingerprint density at radius 3 is 2.48 bits per heavy atom. The molecule has 0 unspecified atom stereocenters. The Balaban J connectivity index is 2.09. The Hall–Kier alpha value is -1.95. The SMILES string of the molecule is Cc1cc(F)c(N2CCN(C(=O)CC#N)CC2)cc1SCC(F)(F)F. The zero-order chi connectivity index (χ0) is 18.6. The summed E-state index contributed by atoms with van der Waals surface area (Å²) in [7, 11) is 0. The number of amides is 1. The normalized spacial score (nSPS) is 15.2. The van der Waals surface area contributed by atoms with Crippen molar-refractivity contribution in [1.29, 1.82) is 5.26 Å². The number of halogens is 4. The number of piperazine rings is 1. The van der Waals surface area contributed by atoms with Gasteiger partial charge in [-0.25, -0.2) is 4.39 Å². The van der Waals surface area contributed by atoms with Gasteiger partial charge in [-0.05, 0) is 24.6 Å². The van der Waals surface area contributed by atoms with Gasteiger partial charge < -0.3 is 9.80 Å². The van der Waals surface area contributed by atoms with Gasteiger partial charge in [0.2, 0.25) is 5.91 Å². The first-order valence-electron chi connectivity index (χ1n) is 7.60. The van der Waals surface area contributed by atoms with E-state index in [9.17, 15) is 22.4 Å². The van der Waals surface area contributed by atoms with E-state index in [2.05, 4.69) is 0 Å². The largest absolute Gasteiger partial charge is 0.398 e. The van der Waals surface area contributed by atoms with Crippen LogP contribution in [0.2, 0.25) is 0 Å². The number of thioether (sulfide) groups is 1. The van der Waals surface area contributed by atoms with Crippen LogP contribution in [0.5, 0.6) is 0 Å². The quantitative estimate of drug-likeness (QED) is 0.598. The first kappa shape index (κ1) is 19.4. The van der Waals surface area contributed by atoms with Crippen LogP contribution in [0.25, 0.3) is 0 Å². The molecule has 1 aliphatic rings. The number of alkyl halides is 3. The fourth-order valence-corrected chi connectivity index (χ4v) is 3.38. The summed E-state index contributed by atoms with van der Waals surface area (Å²) in [4.78, 5) is 15.3. The van der Waals surface area contributed by atoms with Gasteiger partial charge in [-0.1, -0.05) is 0 Å². The zero-order valence-electron chi connectivity index (χ0n) is 13.6. The average Bonchev–Trinajstić information content (AvgIpc) is 2.53. The second kappa shape index (κ2) is 7.95. The Morgan fingerprint density at radius 2 is 1.92 bits per heavy atom. The molecule has 0 aliphatic carbocycles. The Labute approximate surface area is 147 Å². The molecule has 1 aromatic carbocycles. The van der Waals surface area contributed by atoms with Gasteiger partial charge in [0.1, 0.15) is 12.2 Å². The predicted octanol–water partition coefficient (Wildman–Crippen LogP) is 3.35. The number of hydrogen-bond acceptors (Lipinski definition) is 4. The van der Waals surface area contributed by atoms with E-state index in [-0.39, 0.29) is 18.0 Å². The van der Waals surface area contributed by atoms with Crippen LogP contribution in [-0.4, -0.2) is 48.9 Å². The zero-order valence-corrected chi connectivity index (χ0v) is 14.4. The van der Waals surface area contributed by atoms with Crippen molar-refractivity contribution in [3.63, 3.8) is 0 Å².